The molecule has 0 aliphatic carbocycles. The van der Waals surface area contributed by atoms with E-state index in [1.165, 1.54) is 5.56 Å². The van der Waals surface area contributed by atoms with Crippen molar-refractivity contribution < 1.29 is 0 Å². The minimum absolute atomic E-state index is 0.0987. The number of nitrogens with two attached hydrogens (primary N) is 1. The highest BCUT2D eigenvalue weighted by atomic mass is 35.5. The van der Waals surface area contributed by atoms with E-state index >= 15 is 0 Å². The second-order valence-corrected chi connectivity index (χ2v) is 8.69. The van der Waals surface area contributed by atoms with Gasteiger partial charge in [0.1, 0.15) is 0 Å². The molecule has 0 aliphatic rings. The van der Waals surface area contributed by atoms with E-state index in [0.29, 0.717) is 10.8 Å². The van der Waals surface area contributed by atoms with Crippen LogP contribution >= 0.6 is 11.6 Å². The average molecular weight is 402 g/mol. The molecule has 0 saturated heterocycles. The Morgan fingerprint density at radius 3 is 2.17 bits per heavy atom. The van der Waals surface area contributed by atoms with Crippen molar-refractivity contribution in [3.05, 3.63) is 94.6 Å². The number of hydrogen-bond donors (Lipinski definition) is 1. The summed E-state index contributed by atoms with van der Waals surface area (Å²) < 4.78 is 0. The van der Waals surface area contributed by atoms with Crippen LogP contribution in [0.25, 0.3) is 22.3 Å². The Hall–Kier alpha value is -2.75. The van der Waals surface area contributed by atoms with E-state index in [4.69, 9.17) is 27.3 Å². The van der Waals surface area contributed by atoms with Crippen molar-refractivity contribution in [2.24, 2.45) is 5.73 Å². The molecule has 146 valence electrons. The van der Waals surface area contributed by atoms with Crippen LogP contribution in [0.4, 0.5) is 0 Å². The van der Waals surface area contributed by atoms with Gasteiger partial charge in [0, 0.05) is 10.9 Å². The Bertz CT molecular complexity index is 1160. The molecule has 0 spiro atoms. The summed E-state index contributed by atoms with van der Waals surface area (Å²) in [5.74, 6) is 0.589. The molecule has 1 heterocycles. The van der Waals surface area contributed by atoms with E-state index in [1.54, 1.807) is 0 Å². The highest BCUT2D eigenvalue weighted by Gasteiger charge is 2.19. The van der Waals surface area contributed by atoms with Crippen molar-refractivity contribution in [1.29, 1.82) is 0 Å². The molecule has 0 bridgehead atoms. The first-order chi connectivity index (χ1) is 13.8. The quantitative estimate of drug-likeness (QED) is 0.438. The summed E-state index contributed by atoms with van der Waals surface area (Å²) in [4.78, 5) is 9.60. The minimum atomic E-state index is -0.363. The van der Waals surface area contributed by atoms with Crippen molar-refractivity contribution >= 4 is 22.5 Å². The number of fused-ring (bicyclic) bond motifs is 1. The molecule has 4 rings (SSSR count). The van der Waals surface area contributed by atoms with Crippen molar-refractivity contribution in [1.82, 2.24) is 9.97 Å². The molecule has 0 fully saturated rings. The molecular formula is C25H24ClN3. The fourth-order valence-corrected chi connectivity index (χ4v) is 3.67. The number of nitrogens with zero attached hydrogens (tertiary/aromatic N) is 2. The Balaban J connectivity index is 1.85. The van der Waals surface area contributed by atoms with Gasteiger partial charge in [0.25, 0.3) is 0 Å². The third kappa shape index (κ3) is 3.89. The average Bonchev–Trinajstić information content (AvgIpc) is 2.72. The smallest absolute Gasteiger partial charge is 0.161 e. The van der Waals surface area contributed by atoms with E-state index in [0.717, 1.165) is 27.7 Å². The largest absolute Gasteiger partial charge is 0.319 e. The summed E-state index contributed by atoms with van der Waals surface area (Å²) >= 11 is 6.41. The van der Waals surface area contributed by atoms with Crippen LogP contribution in [0.1, 0.15) is 43.6 Å². The molecule has 0 aliphatic heterocycles. The zero-order valence-electron chi connectivity index (χ0n) is 16.9. The topological polar surface area (TPSA) is 51.8 Å². The standard InChI is InChI=1S/C25H24ClN3/c1-25(2,3)17-14-12-16(13-15-17)22(27)23-19-9-5-7-11-21(19)28-24(29-23)18-8-4-6-10-20(18)26/h4-15,22H,27H2,1-3H3. The fraction of sp³-hybridized carbons (Fsp3) is 0.200. The molecule has 29 heavy (non-hydrogen) atoms. The summed E-state index contributed by atoms with van der Waals surface area (Å²) in [7, 11) is 0. The molecule has 1 unspecified atom stereocenters. The number of aromatic nitrogens is 2. The molecule has 3 aromatic carbocycles. The summed E-state index contributed by atoms with van der Waals surface area (Å²) in [5, 5.41) is 1.58. The zero-order valence-corrected chi connectivity index (χ0v) is 17.6. The first-order valence-electron chi connectivity index (χ1n) is 9.72. The van der Waals surface area contributed by atoms with Crippen LogP contribution in [0.5, 0.6) is 0 Å². The van der Waals surface area contributed by atoms with E-state index in [1.807, 2.05) is 48.5 Å². The summed E-state index contributed by atoms with van der Waals surface area (Å²) in [6, 6.07) is 23.7. The Kier molecular flexibility index (Phi) is 5.12. The highest BCUT2D eigenvalue weighted by Crippen LogP contribution is 2.31. The fourth-order valence-electron chi connectivity index (χ4n) is 3.45. The molecule has 3 nitrogen and oxygen atoms in total. The second-order valence-electron chi connectivity index (χ2n) is 8.28. The maximum absolute atomic E-state index is 6.70. The molecule has 0 radical (unpaired) electrons. The monoisotopic (exact) mass is 401 g/mol. The van der Waals surface area contributed by atoms with E-state index < -0.39 is 0 Å². The first-order valence-corrected chi connectivity index (χ1v) is 10.1. The Morgan fingerprint density at radius 2 is 1.48 bits per heavy atom. The first kappa shape index (κ1) is 19.6. The van der Waals surface area contributed by atoms with Gasteiger partial charge in [-0.3, -0.25) is 0 Å². The van der Waals surface area contributed by atoms with Crippen LogP contribution in [0.2, 0.25) is 5.02 Å². The van der Waals surface area contributed by atoms with Crippen LogP contribution in [0.15, 0.2) is 72.8 Å². The van der Waals surface area contributed by atoms with E-state index in [2.05, 4.69) is 45.0 Å². The van der Waals surface area contributed by atoms with E-state index in [-0.39, 0.29) is 11.5 Å². The molecule has 2 N–H and O–H groups in total. The number of halogens is 1. The third-order valence-electron chi connectivity index (χ3n) is 5.18. The van der Waals surface area contributed by atoms with Crippen LogP contribution in [-0.4, -0.2) is 9.97 Å². The van der Waals surface area contributed by atoms with Crippen molar-refractivity contribution in [2.75, 3.05) is 0 Å². The molecule has 0 saturated carbocycles. The predicted molar refractivity (Wildman–Crippen MR) is 121 cm³/mol. The van der Waals surface area contributed by atoms with Gasteiger partial charge in [-0.1, -0.05) is 87.0 Å². The summed E-state index contributed by atoms with van der Waals surface area (Å²) in [5.41, 5.74) is 11.6. The van der Waals surface area contributed by atoms with Gasteiger partial charge in [-0.25, -0.2) is 9.97 Å². The van der Waals surface area contributed by atoms with Crippen molar-refractivity contribution in [2.45, 2.75) is 32.2 Å². The van der Waals surface area contributed by atoms with Crippen molar-refractivity contribution in [3.8, 4) is 11.4 Å². The highest BCUT2D eigenvalue weighted by molar-refractivity contribution is 6.33. The normalized spacial score (nSPS) is 12.9. The molecule has 1 aromatic heterocycles. The lowest BCUT2D eigenvalue weighted by Crippen LogP contribution is -2.16. The summed E-state index contributed by atoms with van der Waals surface area (Å²) in [6.07, 6.45) is 0. The molecule has 1 atom stereocenters. The van der Waals surface area contributed by atoms with Crippen LogP contribution < -0.4 is 5.73 Å². The number of rotatable bonds is 3. The lowest BCUT2D eigenvalue weighted by Gasteiger charge is -2.21. The van der Waals surface area contributed by atoms with Gasteiger partial charge in [-0.15, -0.1) is 0 Å². The van der Waals surface area contributed by atoms with Gasteiger partial charge in [0.2, 0.25) is 0 Å². The van der Waals surface area contributed by atoms with Crippen molar-refractivity contribution in [3.63, 3.8) is 0 Å². The molecular weight excluding hydrogens is 378 g/mol. The number of benzene rings is 3. The third-order valence-corrected chi connectivity index (χ3v) is 5.51. The van der Waals surface area contributed by atoms with Crippen LogP contribution in [0.3, 0.4) is 0 Å². The maximum Gasteiger partial charge on any atom is 0.161 e. The molecule has 4 heteroatoms. The second kappa shape index (κ2) is 7.58. The van der Waals surface area contributed by atoms with Crippen LogP contribution in [-0.2, 0) is 5.41 Å². The Morgan fingerprint density at radius 1 is 0.828 bits per heavy atom. The molecule has 0 amide bonds. The lowest BCUT2D eigenvalue weighted by atomic mass is 9.86. The minimum Gasteiger partial charge on any atom is -0.319 e. The summed E-state index contributed by atoms with van der Waals surface area (Å²) in [6.45, 7) is 6.61. The van der Waals surface area contributed by atoms with E-state index in [9.17, 15) is 0 Å². The van der Waals surface area contributed by atoms with Gasteiger partial charge >= 0.3 is 0 Å². The van der Waals surface area contributed by atoms with Gasteiger partial charge in [0.05, 0.1) is 22.3 Å². The van der Waals surface area contributed by atoms with Gasteiger partial charge in [-0.2, -0.15) is 0 Å². The van der Waals surface area contributed by atoms with Gasteiger partial charge in [-0.05, 0) is 34.7 Å². The SMILES string of the molecule is CC(C)(C)c1ccc(C(N)c2nc(-c3ccccc3Cl)nc3ccccc23)cc1. The van der Waals surface area contributed by atoms with Gasteiger partial charge < -0.3 is 5.73 Å². The predicted octanol–water partition coefficient (Wildman–Crippen LogP) is 6.30. The molecule has 4 aromatic rings. The number of para-hydroxylation sites is 1. The number of hydrogen-bond acceptors (Lipinski definition) is 3. The Labute approximate surface area is 176 Å². The zero-order chi connectivity index (χ0) is 20.6. The maximum atomic E-state index is 6.70. The van der Waals surface area contributed by atoms with Crippen LogP contribution in [0, 0.1) is 0 Å². The van der Waals surface area contributed by atoms with Gasteiger partial charge in [0.15, 0.2) is 5.82 Å². The lowest BCUT2D eigenvalue weighted by molar-refractivity contribution is 0.589.